The molecule has 0 atom stereocenters. The lowest BCUT2D eigenvalue weighted by Crippen LogP contribution is -2.13. The maximum atomic E-state index is 13.2. The Labute approximate surface area is 144 Å². The molecule has 0 saturated carbocycles. The van der Waals surface area contributed by atoms with Crippen LogP contribution in [0.15, 0.2) is 42.7 Å². The third kappa shape index (κ3) is 3.45. The quantitative estimate of drug-likeness (QED) is 0.520. The van der Waals surface area contributed by atoms with Gasteiger partial charge in [-0.1, -0.05) is 12.1 Å². The first-order chi connectivity index (χ1) is 12.3. The van der Waals surface area contributed by atoms with E-state index >= 15 is 0 Å². The Morgan fingerprint density at radius 1 is 1.23 bits per heavy atom. The van der Waals surface area contributed by atoms with E-state index in [1.54, 1.807) is 18.2 Å². The predicted molar refractivity (Wildman–Crippen MR) is 82.8 cm³/mol. The van der Waals surface area contributed by atoms with Crippen molar-refractivity contribution in [2.24, 2.45) is 0 Å². The number of hydrogen-bond acceptors (Lipinski definition) is 6. The van der Waals surface area contributed by atoms with Gasteiger partial charge in [-0.25, -0.2) is 9.97 Å². The molecule has 0 fully saturated rings. The normalized spacial score (nSPS) is 11.4. The molecule has 3 aromatic rings. The van der Waals surface area contributed by atoms with Crippen LogP contribution in [0.4, 0.5) is 18.9 Å². The average Bonchev–Trinajstić information content (AvgIpc) is 3.11. The lowest BCUT2D eigenvalue weighted by molar-refractivity contribution is -0.384. The summed E-state index contributed by atoms with van der Waals surface area (Å²) in [6, 6.07) is 7.09. The maximum Gasteiger partial charge on any atom is 0.433 e. The smallest absolute Gasteiger partial charge is 0.433 e. The molecule has 8 nitrogen and oxygen atoms in total. The van der Waals surface area contributed by atoms with E-state index in [4.69, 9.17) is 4.74 Å². The van der Waals surface area contributed by atoms with Gasteiger partial charge in [0.15, 0.2) is 5.69 Å². The van der Waals surface area contributed by atoms with Crippen LogP contribution in [-0.4, -0.2) is 31.8 Å². The van der Waals surface area contributed by atoms with E-state index in [9.17, 15) is 23.3 Å². The van der Waals surface area contributed by atoms with E-state index in [1.165, 1.54) is 13.2 Å². The third-order valence-electron chi connectivity index (χ3n) is 3.35. The molecule has 1 aromatic carbocycles. The Morgan fingerprint density at radius 2 is 2.00 bits per heavy atom. The van der Waals surface area contributed by atoms with Crippen LogP contribution in [0.25, 0.3) is 17.2 Å². The second-order valence-corrected chi connectivity index (χ2v) is 5.07. The van der Waals surface area contributed by atoms with Gasteiger partial charge in [-0.2, -0.15) is 23.0 Å². The van der Waals surface area contributed by atoms with E-state index in [0.717, 1.165) is 23.1 Å². The molecule has 0 aliphatic rings. The fourth-order valence-corrected chi connectivity index (χ4v) is 2.13. The molecule has 0 N–H and O–H groups in total. The zero-order valence-corrected chi connectivity index (χ0v) is 13.1. The number of aromatic nitrogens is 4. The van der Waals surface area contributed by atoms with Crippen molar-refractivity contribution in [2.45, 2.75) is 6.18 Å². The predicted octanol–water partition coefficient (Wildman–Crippen LogP) is 3.26. The molecule has 0 radical (unpaired) electrons. The number of hydrogen-bond donors (Lipinski definition) is 0. The molecule has 2 aromatic heterocycles. The van der Waals surface area contributed by atoms with Gasteiger partial charge in [-0.05, 0) is 18.2 Å². The molecule has 0 spiro atoms. The highest BCUT2D eigenvalue weighted by Crippen LogP contribution is 2.31. The lowest BCUT2D eigenvalue weighted by Gasteiger charge is -2.11. The Balaban J connectivity index is 2.16. The van der Waals surface area contributed by atoms with E-state index in [2.05, 4.69) is 15.1 Å². The summed E-state index contributed by atoms with van der Waals surface area (Å²) in [6.45, 7) is 0. The van der Waals surface area contributed by atoms with Crippen molar-refractivity contribution in [3.05, 3.63) is 58.5 Å². The van der Waals surface area contributed by atoms with Gasteiger partial charge in [0.25, 0.3) is 5.95 Å². The fourth-order valence-electron chi connectivity index (χ4n) is 2.13. The highest BCUT2D eigenvalue weighted by atomic mass is 19.4. The topological polar surface area (TPSA) is 96.0 Å². The summed E-state index contributed by atoms with van der Waals surface area (Å²) >= 11 is 0. The van der Waals surface area contributed by atoms with Gasteiger partial charge in [-0.3, -0.25) is 10.1 Å². The largest absolute Gasteiger partial charge is 0.497 e. The Hall–Kier alpha value is -3.50. The van der Waals surface area contributed by atoms with Crippen molar-refractivity contribution in [1.82, 2.24) is 19.7 Å². The molecule has 0 unspecified atom stereocenters. The highest BCUT2D eigenvalue weighted by Gasteiger charge is 2.34. The van der Waals surface area contributed by atoms with Crippen LogP contribution in [0.3, 0.4) is 0 Å². The van der Waals surface area contributed by atoms with Crippen LogP contribution in [0, 0.1) is 10.1 Å². The zero-order valence-electron chi connectivity index (χ0n) is 13.1. The van der Waals surface area contributed by atoms with Gasteiger partial charge in [0, 0.05) is 5.56 Å². The van der Waals surface area contributed by atoms with Gasteiger partial charge in [-0.15, -0.1) is 0 Å². The molecular weight excluding hydrogens is 355 g/mol. The van der Waals surface area contributed by atoms with Crippen molar-refractivity contribution < 1.29 is 22.8 Å². The van der Waals surface area contributed by atoms with Crippen molar-refractivity contribution in [3.8, 4) is 23.0 Å². The molecule has 0 bridgehead atoms. The number of nitrogens with zero attached hydrogens (tertiary/aromatic N) is 5. The van der Waals surface area contributed by atoms with E-state index < -0.39 is 28.4 Å². The summed E-state index contributed by atoms with van der Waals surface area (Å²) < 4.78 is 45.5. The summed E-state index contributed by atoms with van der Waals surface area (Å²) in [5.41, 5.74) is -1.26. The summed E-state index contributed by atoms with van der Waals surface area (Å²) in [5.74, 6) is -0.00306. The van der Waals surface area contributed by atoms with Crippen LogP contribution in [0.1, 0.15) is 5.69 Å². The molecule has 0 aliphatic carbocycles. The van der Waals surface area contributed by atoms with Crippen LogP contribution in [-0.2, 0) is 6.18 Å². The minimum absolute atomic E-state index is 0.0284. The van der Waals surface area contributed by atoms with Crippen molar-refractivity contribution in [3.63, 3.8) is 0 Å². The van der Waals surface area contributed by atoms with E-state index in [1.807, 2.05) is 0 Å². The third-order valence-corrected chi connectivity index (χ3v) is 3.35. The minimum Gasteiger partial charge on any atom is -0.497 e. The first-order valence-electron chi connectivity index (χ1n) is 7.08. The second kappa shape index (κ2) is 6.43. The zero-order chi connectivity index (χ0) is 18.9. The first-order valence-corrected chi connectivity index (χ1v) is 7.08. The number of rotatable bonds is 4. The van der Waals surface area contributed by atoms with Crippen molar-refractivity contribution >= 4 is 5.69 Å². The summed E-state index contributed by atoms with van der Waals surface area (Å²) in [4.78, 5) is 17.5. The fraction of sp³-hybridized carbons (Fsp3) is 0.133. The Bertz CT molecular complexity index is 971. The number of halogens is 3. The number of methoxy groups -OCH3 is 1. The SMILES string of the molecule is COc1cccc(-c2cc(C(F)(F)F)nc(-n3cc([N+](=O)[O-])cn3)n2)c1. The van der Waals surface area contributed by atoms with Crippen molar-refractivity contribution in [1.29, 1.82) is 0 Å². The Morgan fingerprint density at radius 3 is 2.62 bits per heavy atom. The van der Waals surface area contributed by atoms with Gasteiger partial charge < -0.3 is 4.74 Å². The van der Waals surface area contributed by atoms with Gasteiger partial charge in [0.2, 0.25) is 0 Å². The van der Waals surface area contributed by atoms with Gasteiger partial charge >= 0.3 is 11.9 Å². The van der Waals surface area contributed by atoms with Gasteiger partial charge in [0.05, 0.1) is 17.7 Å². The molecule has 0 amide bonds. The maximum absolute atomic E-state index is 13.2. The average molecular weight is 365 g/mol. The minimum atomic E-state index is -4.73. The summed E-state index contributed by atoms with van der Waals surface area (Å²) in [6.07, 6.45) is -2.90. The lowest BCUT2D eigenvalue weighted by atomic mass is 10.1. The van der Waals surface area contributed by atoms with E-state index in [-0.39, 0.29) is 5.69 Å². The molecule has 3 rings (SSSR count). The molecule has 2 heterocycles. The molecule has 0 saturated heterocycles. The van der Waals surface area contributed by atoms with Gasteiger partial charge in [0.1, 0.15) is 18.1 Å². The van der Waals surface area contributed by atoms with E-state index in [0.29, 0.717) is 11.3 Å². The number of alkyl halides is 3. The van der Waals surface area contributed by atoms with Crippen LogP contribution in [0.5, 0.6) is 5.75 Å². The number of nitro groups is 1. The molecule has 26 heavy (non-hydrogen) atoms. The molecule has 11 heteroatoms. The molecule has 0 aliphatic heterocycles. The summed E-state index contributed by atoms with van der Waals surface area (Å²) in [5, 5.41) is 14.4. The van der Waals surface area contributed by atoms with Crippen molar-refractivity contribution in [2.75, 3.05) is 7.11 Å². The van der Waals surface area contributed by atoms with Crippen LogP contribution < -0.4 is 4.74 Å². The monoisotopic (exact) mass is 365 g/mol. The number of benzene rings is 1. The van der Waals surface area contributed by atoms with Crippen LogP contribution >= 0.6 is 0 Å². The highest BCUT2D eigenvalue weighted by molar-refractivity contribution is 5.62. The standard InChI is InChI=1S/C15H10F3N5O3/c1-26-11-4-2-3-9(5-11)12-6-13(15(16,17)18)21-14(20-12)22-8-10(7-19-22)23(24)25/h2-8H,1H3. The molecular formula is C15H10F3N5O3. The number of ether oxygens (including phenoxy) is 1. The summed E-state index contributed by atoms with van der Waals surface area (Å²) in [7, 11) is 1.43. The second-order valence-electron chi connectivity index (χ2n) is 5.07. The molecule has 134 valence electrons. The van der Waals surface area contributed by atoms with Crippen LogP contribution in [0.2, 0.25) is 0 Å². The Kier molecular flexibility index (Phi) is 4.28. The first kappa shape index (κ1) is 17.3.